The van der Waals surface area contributed by atoms with Crippen molar-refractivity contribution in [1.29, 1.82) is 0 Å². The van der Waals surface area contributed by atoms with Gasteiger partial charge in [0.25, 0.3) is 0 Å². The molecule has 8 heteroatoms. The predicted molar refractivity (Wildman–Crippen MR) is 126 cm³/mol. The standard InChI is InChI=1S/C23H25ClN4O2S/c1-14-12-17(15(2)28(14)19-13-16(24)7-8-20(19)30-3)22-21(18-6-4-5-9-25-18)26-23(31)27(22)10-11-29/h4-9,12-13,21-22,29H,10-11H2,1-3H3,(H,26,31)/t21-,22+/m0/s1. The molecule has 162 valence electrons. The van der Waals surface area contributed by atoms with Crippen LogP contribution >= 0.6 is 23.8 Å². The summed E-state index contributed by atoms with van der Waals surface area (Å²) in [5.41, 5.74) is 5.00. The molecule has 0 radical (unpaired) electrons. The molecule has 0 unspecified atom stereocenters. The zero-order valence-electron chi connectivity index (χ0n) is 17.7. The van der Waals surface area contributed by atoms with Crippen LogP contribution < -0.4 is 10.1 Å². The second kappa shape index (κ2) is 8.86. The van der Waals surface area contributed by atoms with E-state index >= 15 is 0 Å². The summed E-state index contributed by atoms with van der Waals surface area (Å²) in [7, 11) is 1.65. The Kier molecular flexibility index (Phi) is 6.18. The summed E-state index contributed by atoms with van der Waals surface area (Å²) in [6.07, 6.45) is 1.78. The van der Waals surface area contributed by atoms with Gasteiger partial charge in [-0.1, -0.05) is 17.7 Å². The molecule has 4 rings (SSSR count). The molecule has 3 heterocycles. The second-order valence-corrected chi connectivity index (χ2v) is 8.34. The third-order valence-corrected chi connectivity index (χ3v) is 6.30. The Balaban J connectivity index is 1.87. The van der Waals surface area contributed by atoms with E-state index in [9.17, 15) is 5.11 Å². The molecule has 0 saturated carbocycles. The molecule has 31 heavy (non-hydrogen) atoms. The molecular formula is C23H25ClN4O2S. The number of benzene rings is 1. The van der Waals surface area contributed by atoms with Crippen LogP contribution in [-0.2, 0) is 0 Å². The monoisotopic (exact) mass is 456 g/mol. The molecule has 1 aliphatic heterocycles. The predicted octanol–water partition coefficient (Wildman–Crippen LogP) is 4.12. The van der Waals surface area contributed by atoms with Gasteiger partial charge >= 0.3 is 0 Å². The lowest BCUT2D eigenvalue weighted by atomic mass is 9.97. The lowest BCUT2D eigenvalue weighted by Gasteiger charge is -2.27. The minimum Gasteiger partial charge on any atom is -0.495 e. The molecule has 1 saturated heterocycles. The molecule has 2 aromatic heterocycles. The third-order valence-electron chi connectivity index (χ3n) is 5.71. The van der Waals surface area contributed by atoms with Gasteiger partial charge in [0.05, 0.1) is 37.2 Å². The number of rotatable bonds is 6. The first kappa shape index (κ1) is 21.6. The van der Waals surface area contributed by atoms with Gasteiger partial charge in [-0.25, -0.2) is 0 Å². The highest BCUT2D eigenvalue weighted by Gasteiger charge is 2.41. The van der Waals surface area contributed by atoms with Crippen molar-refractivity contribution >= 4 is 28.9 Å². The Morgan fingerprint density at radius 1 is 1.23 bits per heavy atom. The maximum absolute atomic E-state index is 9.69. The number of aryl methyl sites for hydroxylation is 1. The van der Waals surface area contributed by atoms with E-state index in [1.165, 1.54) is 0 Å². The highest BCUT2D eigenvalue weighted by molar-refractivity contribution is 7.80. The number of hydrogen-bond acceptors (Lipinski definition) is 4. The summed E-state index contributed by atoms with van der Waals surface area (Å²) >= 11 is 11.9. The number of nitrogens with zero attached hydrogens (tertiary/aromatic N) is 3. The number of nitrogens with one attached hydrogen (secondary N) is 1. The fraction of sp³-hybridized carbons (Fsp3) is 0.304. The Bertz CT molecular complexity index is 1100. The van der Waals surface area contributed by atoms with Crippen LogP contribution in [-0.4, -0.2) is 44.9 Å². The molecule has 0 amide bonds. The zero-order chi connectivity index (χ0) is 22.1. The Morgan fingerprint density at radius 2 is 2.03 bits per heavy atom. The van der Waals surface area contributed by atoms with Crippen LogP contribution in [0.4, 0.5) is 0 Å². The number of ether oxygens (including phenoxy) is 1. The van der Waals surface area contributed by atoms with Gasteiger partial charge in [0.15, 0.2) is 5.11 Å². The Morgan fingerprint density at radius 3 is 2.71 bits per heavy atom. The van der Waals surface area contributed by atoms with Crippen LogP contribution in [0.15, 0.2) is 48.7 Å². The van der Waals surface area contributed by atoms with E-state index in [-0.39, 0.29) is 18.7 Å². The highest BCUT2D eigenvalue weighted by atomic mass is 35.5. The van der Waals surface area contributed by atoms with Gasteiger partial charge in [0, 0.05) is 29.2 Å². The van der Waals surface area contributed by atoms with Gasteiger partial charge < -0.3 is 24.6 Å². The summed E-state index contributed by atoms with van der Waals surface area (Å²) in [6.45, 7) is 4.58. The third kappa shape index (κ3) is 3.89. The maximum Gasteiger partial charge on any atom is 0.170 e. The largest absolute Gasteiger partial charge is 0.495 e. The number of aliphatic hydroxyl groups excluding tert-OH is 1. The molecule has 2 N–H and O–H groups in total. The van der Waals surface area contributed by atoms with E-state index in [0.29, 0.717) is 16.7 Å². The summed E-state index contributed by atoms with van der Waals surface area (Å²) in [6, 6.07) is 13.4. The first-order chi connectivity index (χ1) is 15.0. The van der Waals surface area contributed by atoms with Crippen LogP contribution in [0.3, 0.4) is 0 Å². The smallest absolute Gasteiger partial charge is 0.170 e. The van der Waals surface area contributed by atoms with Gasteiger partial charge in [0.1, 0.15) is 5.75 Å². The number of pyridine rings is 1. The fourth-order valence-corrected chi connectivity index (χ4v) is 4.89. The average Bonchev–Trinajstić information content (AvgIpc) is 3.24. The summed E-state index contributed by atoms with van der Waals surface area (Å²) < 4.78 is 7.75. The number of β-amino-alcohol motifs (C(OH)–C–C–N with tert-alkyl or cyclic N) is 1. The van der Waals surface area contributed by atoms with Crippen molar-refractivity contribution in [3.8, 4) is 11.4 Å². The van der Waals surface area contributed by atoms with Crippen molar-refractivity contribution in [3.63, 3.8) is 0 Å². The molecular weight excluding hydrogens is 432 g/mol. The quantitative estimate of drug-likeness (QED) is 0.544. The van der Waals surface area contributed by atoms with Gasteiger partial charge in [-0.3, -0.25) is 4.98 Å². The number of thiocarbonyl (C=S) groups is 1. The number of aromatic nitrogens is 2. The molecule has 1 fully saturated rings. The van der Waals surface area contributed by atoms with Crippen molar-refractivity contribution < 1.29 is 9.84 Å². The van der Waals surface area contributed by atoms with Crippen molar-refractivity contribution in [2.24, 2.45) is 0 Å². The SMILES string of the molecule is COc1ccc(Cl)cc1-n1c(C)cc([C@@H]2[C@H](c3ccccn3)NC(=S)N2CCO)c1C. The van der Waals surface area contributed by atoms with Crippen LogP contribution in [0, 0.1) is 13.8 Å². The topological polar surface area (TPSA) is 62.5 Å². The molecule has 0 aliphatic carbocycles. The molecule has 2 atom stereocenters. The van der Waals surface area contributed by atoms with Crippen LogP contribution in [0.1, 0.15) is 34.7 Å². The fourth-order valence-electron chi connectivity index (χ4n) is 4.39. The van der Waals surface area contributed by atoms with E-state index < -0.39 is 0 Å². The summed E-state index contributed by atoms with van der Waals surface area (Å²) in [5.74, 6) is 0.742. The van der Waals surface area contributed by atoms with E-state index in [1.807, 2.05) is 41.3 Å². The number of methoxy groups -OCH3 is 1. The molecule has 3 aromatic rings. The first-order valence-electron chi connectivity index (χ1n) is 10.1. The summed E-state index contributed by atoms with van der Waals surface area (Å²) in [5, 5.41) is 14.4. The van der Waals surface area contributed by atoms with Gasteiger partial charge in [0.2, 0.25) is 0 Å². The average molecular weight is 457 g/mol. The van der Waals surface area contributed by atoms with Crippen molar-refractivity contribution in [2.45, 2.75) is 25.9 Å². The molecule has 1 aromatic carbocycles. The normalized spacial score (nSPS) is 18.4. The van der Waals surface area contributed by atoms with E-state index in [0.717, 1.165) is 34.1 Å². The number of hydrogen-bond donors (Lipinski definition) is 2. The van der Waals surface area contributed by atoms with Gasteiger partial charge in [-0.15, -0.1) is 0 Å². The van der Waals surface area contributed by atoms with Crippen LogP contribution in [0.25, 0.3) is 5.69 Å². The van der Waals surface area contributed by atoms with Crippen LogP contribution in [0.2, 0.25) is 5.02 Å². The highest BCUT2D eigenvalue weighted by Crippen LogP contribution is 2.42. The van der Waals surface area contributed by atoms with E-state index in [4.69, 9.17) is 28.6 Å². The van der Waals surface area contributed by atoms with E-state index in [2.05, 4.69) is 34.8 Å². The van der Waals surface area contributed by atoms with Crippen molar-refractivity contribution in [1.82, 2.24) is 19.8 Å². The Labute approximate surface area is 192 Å². The van der Waals surface area contributed by atoms with E-state index in [1.54, 1.807) is 13.3 Å². The number of halogens is 1. The zero-order valence-corrected chi connectivity index (χ0v) is 19.2. The van der Waals surface area contributed by atoms with Gasteiger partial charge in [-0.05, 0) is 68.0 Å². The molecule has 1 aliphatic rings. The van der Waals surface area contributed by atoms with Crippen LogP contribution in [0.5, 0.6) is 5.75 Å². The molecule has 0 bridgehead atoms. The minimum atomic E-state index is -0.129. The summed E-state index contributed by atoms with van der Waals surface area (Å²) in [4.78, 5) is 6.60. The van der Waals surface area contributed by atoms with Crippen molar-refractivity contribution in [3.05, 3.63) is 76.3 Å². The van der Waals surface area contributed by atoms with Crippen molar-refractivity contribution in [2.75, 3.05) is 20.3 Å². The minimum absolute atomic E-state index is 0.00805. The number of aliphatic hydroxyl groups is 1. The maximum atomic E-state index is 9.69. The second-order valence-electron chi connectivity index (χ2n) is 7.52. The lowest BCUT2D eigenvalue weighted by Crippen LogP contribution is -2.32. The first-order valence-corrected chi connectivity index (χ1v) is 10.9. The molecule has 6 nitrogen and oxygen atoms in total. The molecule has 0 spiro atoms. The lowest BCUT2D eigenvalue weighted by molar-refractivity contribution is 0.223. The Hall–Kier alpha value is -2.61. The van der Waals surface area contributed by atoms with Gasteiger partial charge in [-0.2, -0.15) is 0 Å².